The molecule has 4 heteroatoms. The van der Waals surface area contributed by atoms with Crippen molar-refractivity contribution >= 4 is 27.3 Å². The molecule has 1 unspecified atom stereocenters. The second-order valence-electron chi connectivity index (χ2n) is 5.03. The van der Waals surface area contributed by atoms with Gasteiger partial charge in [-0.15, -0.1) is 11.3 Å². The fourth-order valence-electron chi connectivity index (χ4n) is 2.60. The zero-order chi connectivity index (χ0) is 13.4. The van der Waals surface area contributed by atoms with Crippen LogP contribution in [-0.4, -0.2) is 12.0 Å². The quantitative estimate of drug-likeness (QED) is 0.874. The summed E-state index contributed by atoms with van der Waals surface area (Å²) >= 11 is 5.40. The van der Waals surface area contributed by atoms with E-state index in [1.165, 1.54) is 34.5 Å². The molecule has 19 heavy (non-hydrogen) atoms. The van der Waals surface area contributed by atoms with Gasteiger partial charge in [0.25, 0.3) is 0 Å². The van der Waals surface area contributed by atoms with Gasteiger partial charge in [-0.3, -0.25) is 0 Å². The van der Waals surface area contributed by atoms with Crippen molar-refractivity contribution in [3.05, 3.63) is 38.8 Å². The van der Waals surface area contributed by atoms with Crippen molar-refractivity contribution in [3.8, 4) is 10.6 Å². The maximum absolute atomic E-state index is 4.85. The smallest absolute Gasteiger partial charge is 0.123 e. The summed E-state index contributed by atoms with van der Waals surface area (Å²) in [7, 11) is 2.04. The van der Waals surface area contributed by atoms with Gasteiger partial charge in [-0.1, -0.05) is 22.0 Å². The van der Waals surface area contributed by atoms with Gasteiger partial charge in [0, 0.05) is 21.0 Å². The van der Waals surface area contributed by atoms with Crippen LogP contribution in [-0.2, 0) is 6.42 Å². The molecule has 1 aliphatic rings. The fraction of sp³-hybridized carbons (Fsp3) is 0.400. The van der Waals surface area contributed by atoms with Crippen molar-refractivity contribution in [2.75, 3.05) is 7.05 Å². The van der Waals surface area contributed by atoms with Crippen molar-refractivity contribution in [3.63, 3.8) is 0 Å². The number of hydrogen-bond donors (Lipinski definition) is 1. The summed E-state index contributed by atoms with van der Waals surface area (Å²) in [6, 6.07) is 6.96. The fourth-order valence-corrected chi connectivity index (χ4v) is 4.10. The average molecular weight is 337 g/mol. The average Bonchev–Trinajstić information content (AvgIpc) is 2.85. The van der Waals surface area contributed by atoms with Gasteiger partial charge >= 0.3 is 0 Å². The molecule has 0 saturated carbocycles. The summed E-state index contributed by atoms with van der Waals surface area (Å²) in [6.07, 6.45) is 3.59. The van der Waals surface area contributed by atoms with Crippen molar-refractivity contribution in [1.82, 2.24) is 10.3 Å². The van der Waals surface area contributed by atoms with E-state index in [2.05, 4.69) is 46.4 Å². The summed E-state index contributed by atoms with van der Waals surface area (Å²) in [4.78, 5) is 6.29. The zero-order valence-electron chi connectivity index (χ0n) is 11.2. The van der Waals surface area contributed by atoms with Gasteiger partial charge in [0.15, 0.2) is 0 Å². The highest BCUT2D eigenvalue weighted by Gasteiger charge is 2.23. The van der Waals surface area contributed by atoms with E-state index in [0.717, 1.165) is 15.9 Å². The second-order valence-corrected chi connectivity index (χ2v) is 6.91. The molecular weight excluding hydrogens is 320 g/mol. The lowest BCUT2D eigenvalue weighted by Gasteiger charge is -2.19. The number of aromatic nitrogens is 1. The van der Waals surface area contributed by atoms with Crippen LogP contribution >= 0.6 is 27.3 Å². The van der Waals surface area contributed by atoms with Gasteiger partial charge in [0.1, 0.15) is 5.01 Å². The normalized spacial score (nSPS) is 18.4. The number of hydrogen-bond acceptors (Lipinski definition) is 3. The Hall–Kier alpha value is -0.710. The summed E-state index contributed by atoms with van der Waals surface area (Å²) < 4.78 is 1.16. The largest absolute Gasteiger partial charge is 0.312 e. The lowest BCUT2D eigenvalue weighted by molar-refractivity contribution is 0.501. The molecule has 1 heterocycles. The third-order valence-electron chi connectivity index (χ3n) is 3.70. The number of halogens is 1. The molecule has 0 amide bonds. The number of benzene rings is 1. The third kappa shape index (κ3) is 2.49. The van der Waals surface area contributed by atoms with Gasteiger partial charge in [0.05, 0.1) is 5.69 Å². The highest BCUT2D eigenvalue weighted by Crippen LogP contribution is 2.38. The number of rotatable bonds is 2. The molecule has 1 aromatic heterocycles. The topological polar surface area (TPSA) is 24.9 Å². The number of fused-ring (bicyclic) bond motifs is 1. The van der Waals surface area contributed by atoms with Crippen molar-refractivity contribution < 1.29 is 0 Å². The predicted molar refractivity (Wildman–Crippen MR) is 84.7 cm³/mol. The first-order valence-electron chi connectivity index (χ1n) is 6.62. The maximum atomic E-state index is 4.85. The van der Waals surface area contributed by atoms with Crippen molar-refractivity contribution in [2.24, 2.45) is 0 Å². The monoisotopic (exact) mass is 336 g/mol. The van der Waals surface area contributed by atoms with Crippen LogP contribution in [0.2, 0.25) is 0 Å². The van der Waals surface area contributed by atoms with Crippen LogP contribution in [0.15, 0.2) is 22.7 Å². The molecule has 1 aliphatic carbocycles. The predicted octanol–water partition coefficient (Wildman–Crippen LogP) is 4.48. The first-order chi connectivity index (χ1) is 9.19. The van der Waals surface area contributed by atoms with Gasteiger partial charge in [-0.25, -0.2) is 4.98 Å². The Morgan fingerprint density at radius 1 is 1.42 bits per heavy atom. The van der Waals surface area contributed by atoms with Crippen molar-refractivity contribution in [2.45, 2.75) is 32.2 Å². The van der Waals surface area contributed by atoms with Crippen LogP contribution in [0.1, 0.15) is 35.0 Å². The Kier molecular flexibility index (Phi) is 3.74. The van der Waals surface area contributed by atoms with Gasteiger partial charge < -0.3 is 5.32 Å². The molecule has 3 rings (SSSR count). The van der Waals surface area contributed by atoms with Gasteiger partial charge in [-0.2, -0.15) is 0 Å². The molecule has 2 aromatic rings. The lowest BCUT2D eigenvalue weighted by atomic mass is 9.98. The number of nitrogens with one attached hydrogen (secondary N) is 1. The number of nitrogens with zero attached hydrogens (tertiary/aromatic N) is 1. The molecule has 1 atom stereocenters. The standard InChI is InChI=1S/C15H17BrN2S/c1-9-8-10(6-7-11(9)16)15-18-13-5-3-4-12(17-2)14(13)19-15/h6-8,12,17H,3-5H2,1-2H3. The molecule has 2 nitrogen and oxygen atoms in total. The van der Waals surface area contributed by atoms with E-state index in [1.807, 2.05) is 18.4 Å². The van der Waals surface area contributed by atoms with E-state index in [9.17, 15) is 0 Å². The minimum Gasteiger partial charge on any atom is -0.312 e. The summed E-state index contributed by atoms with van der Waals surface area (Å²) in [5, 5.41) is 4.56. The molecule has 0 radical (unpaired) electrons. The van der Waals surface area contributed by atoms with Crippen LogP contribution in [0.25, 0.3) is 10.6 Å². The van der Waals surface area contributed by atoms with Gasteiger partial charge in [-0.05, 0) is 50.9 Å². The van der Waals surface area contributed by atoms with Crippen LogP contribution in [0.3, 0.4) is 0 Å². The SMILES string of the molecule is CNC1CCCc2nc(-c3ccc(Br)c(C)c3)sc21. The van der Waals surface area contributed by atoms with Gasteiger partial charge in [0.2, 0.25) is 0 Å². The molecule has 0 bridgehead atoms. The van der Waals surface area contributed by atoms with Crippen LogP contribution < -0.4 is 5.32 Å². The van der Waals surface area contributed by atoms with Crippen LogP contribution in [0.5, 0.6) is 0 Å². The molecular formula is C15H17BrN2S. The highest BCUT2D eigenvalue weighted by atomic mass is 79.9. The minimum atomic E-state index is 0.492. The van der Waals surface area contributed by atoms with Crippen molar-refractivity contribution in [1.29, 1.82) is 0 Å². The Morgan fingerprint density at radius 2 is 2.26 bits per heavy atom. The molecule has 1 N–H and O–H groups in total. The Labute approximate surface area is 126 Å². The molecule has 100 valence electrons. The summed E-state index contributed by atoms with van der Waals surface area (Å²) in [5.74, 6) is 0. The molecule has 0 fully saturated rings. The first-order valence-corrected chi connectivity index (χ1v) is 8.23. The summed E-state index contributed by atoms with van der Waals surface area (Å²) in [5.41, 5.74) is 3.79. The molecule has 0 saturated heterocycles. The molecule has 0 spiro atoms. The zero-order valence-corrected chi connectivity index (χ0v) is 13.6. The minimum absolute atomic E-state index is 0.492. The molecule has 1 aromatic carbocycles. The van der Waals surface area contributed by atoms with E-state index < -0.39 is 0 Å². The third-order valence-corrected chi connectivity index (χ3v) is 5.85. The van der Waals surface area contributed by atoms with E-state index in [1.54, 1.807) is 0 Å². The summed E-state index contributed by atoms with van der Waals surface area (Å²) in [6.45, 7) is 2.12. The van der Waals surface area contributed by atoms with Crippen LogP contribution in [0.4, 0.5) is 0 Å². The number of aryl methyl sites for hydroxylation is 2. The second kappa shape index (κ2) is 5.35. The maximum Gasteiger partial charge on any atom is 0.123 e. The Bertz CT molecular complexity index is 606. The molecule has 0 aliphatic heterocycles. The number of thiazole rings is 1. The lowest BCUT2D eigenvalue weighted by Crippen LogP contribution is -2.19. The Morgan fingerprint density at radius 3 is 3.00 bits per heavy atom. The first kappa shape index (κ1) is 13.3. The Balaban J connectivity index is 2.02. The van der Waals surface area contributed by atoms with E-state index in [0.29, 0.717) is 6.04 Å². The van der Waals surface area contributed by atoms with E-state index in [-0.39, 0.29) is 0 Å². The van der Waals surface area contributed by atoms with Crippen LogP contribution in [0, 0.1) is 6.92 Å². The van der Waals surface area contributed by atoms with E-state index in [4.69, 9.17) is 4.98 Å². The van der Waals surface area contributed by atoms with E-state index >= 15 is 0 Å². The highest BCUT2D eigenvalue weighted by molar-refractivity contribution is 9.10.